The molecule has 0 spiro atoms. The summed E-state index contributed by atoms with van der Waals surface area (Å²) >= 11 is 0. The molecule has 1 nitrogen and oxygen atoms in total. The molecule has 2 aromatic rings. The molecule has 0 heterocycles. The van der Waals surface area contributed by atoms with Crippen molar-refractivity contribution in [3.05, 3.63) is 84.5 Å². The summed E-state index contributed by atoms with van der Waals surface area (Å²) in [7, 11) is 0. The average Bonchev–Trinajstić information content (AvgIpc) is 2.61. The van der Waals surface area contributed by atoms with Gasteiger partial charge in [-0.15, -0.1) is 0 Å². The number of hydrogen-bond acceptors (Lipinski definition) is 1. The van der Waals surface area contributed by atoms with E-state index in [-0.39, 0.29) is 10.8 Å². The molecule has 0 aliphatic rings. The molecule has 0 radical (unpaired) electrons. The van der Waals surface area contributed by atoms with E-state index in [4.69, 9.17) is 0 Å². The van der Waals surface area contributed by atoms with Gasteiger partial charge >= 0.3 is 0 Å². The van der Waals surface area contributed by atoms with E-state index in [1.165, 1.54) is 22.5 Å². The van der Waals surface area contributed by atoms with Gasteiger partial charge in [0, 0.05) is 17.4 Å². The molecule has 0 aliphatic heterocycles. The van der Waals surface area contributed by atoms with Gasteiger partial charge in [-0.25, -0.2) is 0 Å². The maximum Gasteiger partial charge on any atom is 0.0413 e. The predicted octanol–water partition coefficient (Wildman–Crippen LogP) is 7.94. The van der Waals surface area contributed by atoms with Crippen LogP contribution in [0.4, 0.5) is 11.4 Å². The molecule has 0 fully saturated rings. The topological polar surface area (TPSA) is 3.24 Å². The van der Waals surface area contributed by atoms with Gasteiger partial charge in [0.2, 0.25) is 0 Å². The van der Waals surface area contributed by atoms with Crippen molar-refractivity contribution in [3.63, 3.8) is 0 Å². The summed E-state index contributed by atoms with van der Waals surface area (Å²) in [5, 5.41) is 0. The minimum absolute atomic E-state index is 0.163. The van der Waals surface area contributed by atoms with Crippen LogP contribution < -0.4 is 4.90 Å². The van der Waals surface area contributed by atoms with Gasteiger partial charge in [-0.1, -0.05) is 90.6 Å². The molecule has 0 saturated heterocycles. The summed E-state index contributed by atoms with van der Waals surface area (Å²) in [5.41, 5.74) is 5.51. The first-order valence-corrected chi connectivity index (χ1v) is 10.3. The van der Waals surface area contributed by atoms with Crippen molar-refractivity contribution in [1.82, 2.24) is 0 Å². The standard InChI is InChI=1S/C27H37N/c1-9-10-11-12-21(2)28(24-17-13-22(14-18-24)26(3,4)5)25-19-15-23(16-20-25)27(6,7)8/h9-11,13-21H,1,12H2,2-8H3/b11-10-. The average molecular weight is 376 g/mol. The molecule has 0 amide bonds. The Balaban J connectivity index is 2.42. The van der Waals surface area contributed by atoms with Gasteiger partial charge in [0.1, 0.15) is 0 Å². The van der Waals surface area contributed by atoms with Crippen LogP contribution >= 0.6 is 0 Å². The van der Waals surface area contributed by atoms with Gasteiger partial charge in [-0.05, 0) is 59.6 Å². The molecule has 0 aliphatic carbocycles. The van der Waals surface area contributed by atoms with Crippen LogP contribution in [0.1, 0.15) is 66.0 Å². The molecule has 150 valence electrons. The SMILES string of the molecule is C=C/C=C\CC(C)N(c1ccc(C(C)(C)C)cc1)c1ccc(C(C)(C)C)cc1. The highest BCUT2D eigenvalue weighted by Gasteiger charge is 2.19. The lowest BCUT2D eigenvalue weighted by Crippen LogP contribution is -2.28. The summed E-state index contributed by atoms with van der Waals surface area (Å²) in [6.07, 6.45) is 7.03. The minimum Gasteiger partial charge on any atom is -0.338 e. The third-order valence-corrected chi connectivity index (χ3v) is 5.21. The Labute approximate surface area is 172 Å². The van der Waals surface area contributed by atoms with Crippen molar-refractivity contribution < 1.29 is 0 Å². The Hall–Kier alpha value is -2.28. The van der Waals surface area contributed by atoms with Crippen molar-refractivity contribution >= 4 is 11.4 Å². The molecule has 1 atom stereocenters. The molecule has 1 unspecified atom stereocenters. The van der Waals surface area contributed by atoms with Crippen LogP contribution in [-0.4, -0.2) is 6.04 Å². The second kappa shape index (κ2) is 8.82. The maximum absolute atomic E-state index is 3.78. The zero-order chi connectivity index (χ0) is 20.9. The molecule has 0 N–H and O–H groups in total. The molecule has 0 bridgehead atoms. The molecule has 2 aromatic carbocycles. The van der Waals surface area contributed by atoms with Crippen molar-refractivity contribution in [2.24, 2.45) is 0 Å². The van der Waals surface area contributed by atoms with Crippen LogP contribution in [0.25, 0.3) is 0 Å². The zero-order valence-electron chi connectivity index (χ0n) is 18.8. The fourth-order valence-corrected chi connectivity index (χ4v) is 3.38. The van der Waals surface area contributed by atoms with Crippen molar-refractivity contribution in [1.29, 1.82) is 0 Å². The van der Waals surface area contributed by atoms with Crippen LogP contribution in [0.15, 0.2) is 73.3 Å². The third kappa shape index (κ3) is 5.61. The van der Waals surface area contributed by atoms with Gasteiger partial charge in [-0.2, -0.15) is 0 Å². The van der Waals surface area contributed by atoms with Crippen molar-refractivity contribution in [2.45, 2.75) is 71.8 Å². The lowest BCUT2D eigenvalue weighted by atomic mass is 9.86. The van der Waals surface area contributed by atoms with E-state index in [1.807, 2.05) is 12.2 Å². The minimum atomic E-state index is 0.163. The van der Waals surface area contributed by atoms with Gasteiger partial charge in [0.05, 0.1) is 0 Å². The van der Waals surface area contributed by atoms with Crippen LogP contribution in [0.5, 0.6) is 0 Å². The largest absolute Gasteiger partial charge is 0.338 e. The number of benzene rings is 2. The summed E-state index contributed by atoms with van der Waals surface area (Å²) in [6.45, 7) is 19.6. The first-order valence-electron chi connectivity index (χ1n) is 10.3. The fraction of sp³-hybridized carbons (Fsp3) is 0.407. The zero-order valence-corrected chi connectivity index (χ0v) is 18.8. The number of allylic oxidation sites excluding steroid dienone is 2. The monoisotopic (exact) mass is 375 g/mol. The fourth-order valence-electron chi connectivity index (χ4n) is 3.38. The Morgan fingerprint density at radius 2 is 1.18 bits per heavy atom. The molecule has 28 heavy (non-hydrogen) atoms. The van der Waals surface area contributed by atoms with Gasteiger partial charge in [0.15, 0.2) is 0 Å². The quantitative estimate of drug-likeness (QED) is 0.463. The molecule has 2 rings (SSSR count). The Kier molecular flexibility index (Phi) is 6.93. The molecule has 0 aromatic heterocycles. The van der Waals surface area contributed by atoms with E-state index in [1.54, 1.807) is 0 Å². The van der Waals surface area contributed by atoms with Crippen LogP contribution in [0.3, 0.4) is 0 Å². The normalized spacial score (nSPS) is 13.5. The van der Waals surface area contributed by atoms with Gasteiger partial charge in [-0.3, -0.25) is 0 Å². The summed E-state index contributed by atoms with van der Waals surface area (Å²) in [4.78, 5) is 2.44. The Morgan fingerprint density at radius 3 is 1.50 bits per heavy atom. The molecule has 0 saturated carbocycles. The molecule has 1 heteroatoms. The number of nitrogens with zero attached hydrogens (tertiary/aromatic N) is 1. The van der Waals surface area contributed by atoms with Crippen molar-refractivity contribution in [2.75, 3.05) is 4.90 Å². The second-order valence-electron chi connectivity index (χ2n) is 9.71. The van der Waals surface area contributed by atoms with Crippen molar-refractivity contribution in [3.8, 4) is 0 Å². The predicted molar refractivity (Wildman–Crippen MR) is 126 cm³/mol. The maximum atomic E-state index is 3.78. The highest BCUT2D eigenvalue weighted by atomic mass is 15.2. The number of rotatable bonds is 6. The highest BCUT2D eigenvalue weighted by Crippen LogP contribution is 2.33. The van der Waals surface area contributed by atoms with E-state index < -0.39 is 0 Å². The lowest BCUT2D eigenvalue weighted by molar-refractivity contribution is 0.590. The Morgan fingerprint density at radius 1 is 0.786 bits per heavy atom. The van der Waals surface area contributed by atoms with E-state index in [0.717, 1.165) is 6.42 Å². The lowest BCUT2D eigenvalue weighted by Gasteiger charge is -2.32. The molecular weight excluding hydrogens is 338 g/mol. The first kappa shape index (κ1) is 22.0. The molecular formula is C27H37N. The van der Waals surface area contributed by atoms with Crippen LogP contribution in [0.2, 0.25) is 0 Å². The summed E-state index contributed by atoms with van der Waals surface area (Å²) < 4.78 is 0. The smallest absolute Gasteiger partial charge is 0.0413 e. The Bertz CT molecular complexity index is 723. The third-order valence-electron chi connectivity index (χ3n) is 5.21. The van der Waals surface area contributed by atoms with E-state index in [2.05, 4.69) is 115 Å². The van der Waals surface area contributed by atoms with E-state index in [9.17, 15) is 0 Å². The van der Waals surface area contributed by atoms with E-state index >= 15 is 0 Å². The van der Waals surface area contributed by atoms with Crippen LogP contribution in [0, 0.1) is 0 Å². The summed E-state index contributed by atoms with van der Waals surface area (Å²) in [6, 6.07) is 18.4. The van der Waals surface area contributed by atoms with Gasteiger partial charge < -0.3 is 4.90 Å². The highest BCUT2D eigenvalue weighted by molar-refractivity contribution is 5.65. The summed E-state index contributed by atoms with van der Waals surface area (Å²) in [5.74, 6) is 0. The number of anilines is 2. The van der Waals surface area contributed by atoms with Gasteiger partial charge in [0.25, 0.3) is 0 Å². The second-order valence-corrected chi connectivity index (χ2v) is 9.71. The van der Waals surface area contributed by atoms with Crippen LogP contribution in [-0.2, 0) is 10.8 Å². The number of hydrogen-bond donors (Lipinski definition) is 0. The van der Waals surface area contributed by atoms with E-state index in [0.29, 0.717) is 6.04 Å². The first-order chi connectivity index (χ1) is 13.0.